The molecule has 3 saturated carbocycles. The number of nitrogen functional groups attached to an aromatic ring is 2. The normalized spacial score (nSPS) is 16.2. The maximum atomic E-state index is 13.0. The van der Waals surface area contributed by atoms with Crippen molar-refractivity contribution in [3.05, 3.63) is 212 Å². The van der Waals surface area contributed by atoms with Gasteiger partial charge in [0.2, 0.25) is 0 Å². The molecule has 2 saturated heterocycles. The molecule has 20 heteroatoms. The van der Waals surface area contributed by atoms with Crippen LogP contribution in [0.4, 0.5) is 11.4 Å². The third-order valence-corrected chi connectivity index (χ3v) is 19.1. The SMILES string of the molecule is COC1(c2ccccc2)CCC1.COC1(c2ccccc2)CN(C(=O)c2sc3nnc(C)c(C)c3c2N)C1.COC1(c2ccccc2)CNC1.Cc1nnc2sc(C(=O)O)c(N)c2c1C.O=C1CCC1.OC1(c2ccccc2)CCC1.[Br-].[Mg+2].[c-]1ccccc1. The van der Waals surface area contributed by atoms with Gasteiger partial charge in [-0.1, -0.05) is 121 Å². The van der Waals surface area contributed by atoms with Crippen LogP contribution in [0.15, 0.2) is 152 Å². The van der Waals surface area contributed by atoms with Gasteiger partial charge in [0.15, 0.2) is 0 Å². The molecule has 0 bridgehead atoms. The number of amides is 1. The van der Waals surface area contributed by atoms with Gasteiger partial charge in [0.1, 0.15) is 36.4 Å². The number of benzene rings is 5. The Bertz CT molecular complexity index is 3600. The van der Waals surface area contributed by atoms with E-state index in [1.165, 1.54) is 41.7 Å². The maximum absolute atomic E-state index is 13.0. The van der Waals surface area contributed by atoms with Crippen LogP contribution < -0.4 is 33.8 Å². The number of hydrogen-bond acceptors (Lipinski definition) is 16. The first-order valence-electron chi connectivity index (χ1n) is 29.2. The number of nitrogens with zero attached hydrogens (tertiary/aromatic N) is 5. The number of aryl methyl sites for hydroxylation is 4. The summed E-state index contributed by atoms with van der Waals surface area (Å²) in [5, 5.41) is 39.8. The zero-order valence-corrected chi connectivity index (χ0v) is 56.4. The van der Waals surface area contributed by atoms with Gasteiger partial charge in [-0.3, -0.25) is 9.59 Å². The molecule has 14 rings (SSSR count). The maximum Gasteiger partial charge on any atom is 2.00 e. The van der Waals surface area contributed by atoms with Crippen molar-refractivity contribution in [1.29, 1.82) is 0 Å². The predicted molar refractivity (Wildman–Crippen MR) is 352 cm³/mol. The number of carboxylic acids is 1. The second-order valence-electron chi connectivity index (χ2n) is 22.2. The number of aromatic carboxylic acids is 1. The van der Waals surface area contributed by atoms with E-state index in [1.54, 1.807) is 19.1 Å². The summed E-state index contributed by atoms with van der Waals surface area (Å²) < 4.78 is 16.8. The Hall–Kier alpha value is -6.56. The van der Waals surface area contributed by atoms with Gasteiger partial charge in [0.25, 0.3) is 5.91 Å². The fraction of sp³-hybridized carbons (Fsp3) is 0.348. The molecule has 0 atom stereocenters. The summed E-state index contributed by atoms with van der Waals surface area (Å²) in [5.74, 6) is -0.663. The van der Waals surface area contributed by atoms with Crippen molar-refractivity contribution >= 4 is 95.2 Å². The number of fused-ring (bicyclic) bond motifs is 2. The molecular weight excluding hydrogens is 1240 g/mol. The van der Waals surface area contributed by atoms with Crippen LogP contribution in [-0.2, 0) is 41.4 Å². The van der Waals surface area contributed by atoms with E-state index in [0.717, 1.165) is 102 Å². The minimum Gasteiger partial charge on any atom is -1.00 e. The molecule has 9 aromatic rings. The largest absolute Gasteiger partial charge is 2.00 e. The molecule has 89 heavy (non-hydrogen) atoms. The molecule has 5 fully saturated rings. The summed E-state index contributed by atoms with van der Waals surface area (Å²) in [7, 11) is 5.27. The van der Waals surface area contributed by atoms with E-state index in [9.17, 15) is 19.5 Å². The van der Waals surface area contributed by atoms with E-state index in [4.69, 9.17) is 30.8 Å². The number of ether oxygens (including phenoxy) is 3. The van der Waals surface area contributed by atoms with Gasteiger partial charge in [-0.15, -0.1) is 32.9 Å². The Morgan fingerprint density at radius 3 is 1.26 bits per heavy atom. The molecule has 7 N–H and O–H groups in total. The minimum atomic E-state index is -1.02. The van der Waals surface area contributed by atoms with Crippen LogP contribution in [0, 0.1) is 33.8 Å². The van der Waals surface area contributed by atoms with E-state index >= 15 is 0 Å². The van der Waals surface area contributed by atoms with E-state index in [1.807, 2.05) is 138 Å². The number of methoxy groups -OCH3 is 3. The quantitative estimate of drug-likeness (QED) is 0.0669. The van der Waals surface area contributed by atoms with Crippen molar-refractivity contribution in [2.24, 2.45) is 0 Å². The summed E-state index contributed by atoms with van der Waals surface area (Å²) in [4.78, 5) is 37.5. The van der Waals surface area contributed by atoms with Crippen LogP contribution in [0.1, 0.15) is 122 Å². The molecule has 5 aromatic carbocycles. The number of nitrogens with two attached hydrogens (primary N) is 2. The number of ketones is 1. The number of aromatic nitrogens is 4. The standard InChI is InChI=1S/C19H20N4O2S.C11H14O.C10H13NO.C10H12O.C9H9N3O2S.C6H5.C4H6O.BrH.Mg/c1-11-12(2)21-22-17-14(11)15(20)16(26-17)18(24)23-9-19(10-23,25-3)13-7-5-4-6-8-13;1-12-11(8-5-9-11)10-6-3-2-4-7-10;1-12-10(7-11-8-10)9-5-3-2-4-6-9;11-10(7-4-8-10)9-5-2-1-3-6-9;1-3-4(2)11-12-8-5(3)6(10)7(15-8)9(13)14;1-2-4-6-5-3-1;5-4-2-1-3-4;;/h4-8H,9-10,20H2,1-3H3;2-4,6-7H,5,8-9H2,1H3;2-6,11H,7-8H2,1H3;1-3,5-6,11H,4,7-8H2;10H2,1-2H3,(H,13,14);1-5H;1-3H2;1H;/q;;;;;-1;;;+2/p-1. The number of carbonyl (C=O) groups is 3. The Morgan fingerprint density at radius 2 is 0.944 bits per heavy atom. The number of hydrogen-bond donors (Lipinski definition) is 5. The Labute approximate surface area is 556 Å². The Morgan fingerprint density at radius 1 is 0.562 bits per heavy atom. The molecule has 0 unspecified atom stereocenters. The first-order valence-corrected chi connectivity index (χ1v) is 30.9. The van der Waals surface area contributed by atoms with Crippen LogP contribution in [0.25, 0.3) is 20.4 Å². The van der Waals surface area contributed by atoms with Gasteiger partial charge in [0.05, 0.1) is 47.1 Å². The van der Waals surface area contributed by atoms with Crippen molar-refractivity contribution in [2.45, 2.75) is 108 Å². The van der Waals surface area contributed by atoms with E-state index in [2.05, 4.69) is 80.3 Å². The number of nitrogens with one attached hydrogen (secondary N) is 1. The minimum absolute atomic E-state index is 0. The summed E-state index contributed by atoms with van der Waals surface area (Å²) >= 11 is 2.36. The fourth-order valence-corrected chi connectivity index (χ4v) is 12.5. The van der Waals surface area contributed by atoms with Crippen LogP contribution in [0.2, 0.25) is 0 Å². The summed E-state index contributed by atoms with van der Waals surface area (Å²) in [6, 6.07) is 53.3. The third-order valence-electron chi connectivity index (χ3n) is 16.9. The second-order valence-corrected chi connectivity index (χ2v) is 24.2. The van der Waals surface area contributed by atoms with Crippen molar-refractivity contribution in [2.75, 3.05) is 59.0 Å². The molecule has 0 spiro atoms. The van der Waals surface area contributed by atoms with Crippen LogP contribution in [0.5, 0.6) is 0 Å². The smallest absolute Gasteiger partial charge is 1.00 e. The molecule has 2 aliphatic heterocycles. The number of Topliss-reactive ketones (excluding diaryl/α,β-unsaturated/α-hetero) is 1. The summed E-state index contributed by atoms with van der Waals surface area (Å²) in [6.45, 7) is 10.4. The molecule has 5 aliphatic rings. The van der Waals surface area contributed by atoms with Crippen LogP contribution >= 0.6 is 22.7 Å². The Balaban J connectivity index is 0.000000175. The number of halogens is 1. The average molecular weight is 1320 g/mol. The molecule has 0 radical (unpaired) electrons. The number of rotatable bonds is 9. The third kappa shape index (κ3) is 16.9. The molecule has 3 aliphatic carbocycles. The number of carbonyl (C=O) groups excluding carboxylic acids is 2. The van der Waals surface area contributed by atoms with Crippen molar-refractivity contribution in [3.63, 3.8) is 0 Å². The van der Waals surface area contributed by atoms with E-state index in [0.29, 0.717) is 44.5 Å². The van der Waals surface area contributed by atoms with E-state index < -0.39 is 17.2 Å². The van der Waals surface area contributed by atoms with Crippen molar-refractivity contribution < 1.29 is 55.8 Å². The predicted octanol–water partition coefficient (Wildman–Crippen LogP) is 9.23. The van der Waals surface area contributed by atoms with Crippen LogP contribution in [0.3, 0.4) is 0 Å². The first kappa shape index (κ1) is 71.5. The molecule has 464 valence electrons. The van der Waals surface area contributed by atoms with Gasteiger partial charge in [-0.05, 0) is 106 Å². The number of likely N-dealkylation sites (tertiary alicyclic amines) is 1. The molecule has 4 aromatic heterocycles. The van der Waals surface area contributed by atoms with Gasteiger partial charge in [-0.25, -0.2) is 4.79 Å². The molecule has 6 heterocycles. The van der Waals surface area contributed by atoms with Crippen LogP contribution in [-0.4, -0.2) is 124 Å². The molecule has 1 amide bonds. The topological polar surface area (TPSA) is 238 Å². The van der Waals surface area contributed by atoms with Gasteiger partial charge >= 0.3 is 29.0 Å². The van der Waals surface area contributed by atoms with Gasteiger partial charge in [-0.2, -0.15) is 46.6 Å². The zero-order chi connectivity index (χ0) is 62.2. The number of aliphatic hydroxyl groups is 1. The summed E-state index contributed by atoms with van der Waals surface area (Å²) in [5.41, 5.74) is 20.1. The zero-order valence-electron chi connectivity index (χ0n) is 51.8. The first-order chi connectivity index (χ1) is 41.9. The second kappa shape index (κ2) is 33.0. The van der Waals surface area contributed by atoms with Gasteiger partial charge in [0, 0.05) is 58.0 Å². The van der Waals surface area contributed by atoms with Crippen molar-refractivity contribution in [3.8, 4) is 0 Å². The fourth-order valence-electron chi connectivity index (χ4n) is 10.5. The molecule has 16 nitrogen and oxygen atoms in total. The number of anilines is 2. The Kier molecular flexibility index (Phi) is 26.5. The number of carboxylic acid groups (broad SMARTS) is 1. The average Bonchev–Trinajstić information content (AvgIpc) is 1.78. The monoisotopic (exact) mass is 1310 g/mol. The van der Waals surface area contributed by atoms with Gasteiger partial charge < -0.3 is 63.1 Å². The van der Waals surface area contributed by atoms with E-state index in [-0.39, 0.29) is 67.7 Å². The van der Waals surface area contributed by atoms with Crippen molar-refractivity contribution in [1.82, 2.24) is 30.6 Å². The number of thiophene rings is 2. The molecular formula is C69H79BrMgN8O8S2. The summed E-state index contributed by atoms with van der Waals surface area (Å²) in [6.07, 6.45) is 9.49.